The van der Waals surface area contributed by atoms with Gasteiger partial charge in [0.15, 0.2) is 9.84 Å². The lowest BCUT2D eigenvalue weighted by molar-refractivity contribution is 0.102. The minimum atomic E-state index is -3.76. The van der Waals surface area contributed by atoms with Gasteiger partial charge in [0.2, 0.25) is 0 Å². The maximum atomic E-state index is 13.8. The fourth-order valence-electron chi connectivity index (χ4n) is 3.32. The highest BCUT2D eigenvalue weighted by Crippen LogP contribution is 2.43. The molecule has 0 aliphatic heterocycles. The zero-order valence-corrected chi connectivity index (χ0v) is 15.5. The summed E-state index contributed by atoms with van der Waals surface area (Å²) in [4.78, 5) is 12.2. The summed E-state index contributed by atoms with van der Waals surface area (Å²) < 4.78 is 37.2. The Morgan fingerprint density at radius 2 is 1.74 bits per heavy atom. The first-order chi connectivity index (χ1) is 12.8. The molecule has 1 N–H and O–H groups in total. The van der Waals surface area contributed by atoms with Crippen molar-refractivity contribution >= 4 is 32.2 Å². The van der Waals surface area contributed by atoms with E-state index in [1.807, 2.05) is 24.3 Å². The number of sulfone groups is 1. The van der Waals surface area contributed by atoms with E-state index in [9.17, 15) is 17.6 Å². The second-order valence-corrected chi connectivity index (χ2v) is 8.88. The summed E-state index contributed by atoms with van der Waals surface area (Å²) in [6, 6.07) is 15.1. The van der Waals surface area contributed by atoms with Crippen LogP contribution in [-0.4, -0.2) is 20.6 Å². The molecule has 0 radical (unpaired) electrons. The highest BCUT2D eigenvalue weighted by molar-refractivity contribution is 7.90. The molecule has 0 saturated heterocycles. The predicted molar refractivity (Wildman–Crippen MR) is 103 cm³/mol. The highest BCUT2D eigenvalue weighted by Gasteiger charge is 2.25. The molecule has 138 valence electrons. The SMILES string of the molecule is CS(=O)(=O)c1cc(C(=O)Nc2cccc3c(C4CC4)cccc23)ccc1F. The van der Waals surface area contributed by atoms with Crippen molar-refractivity contribution in [2.45, 2.75) is 23.7 Å². The van der Waals surface area contributed by atoms with E-state index < -0.39 is 26.5 Å². The monoisotopic (exact) mass is 383 g/mol. The Morgan fingerprint density at radius 3 is 2.44 bits per heavy atom. The molecule has 1 fully saturated rings. The maximum absolute atomic E-state index is 13.8. The van der Waals surface area contributed by atoms with Gasteiger partial charge in [-0.25, -0.2) is 12.8 Å². The first-order valence-electron chi connectivity index (χ1n) is 8.67. The third-order valence-electron chi connectivity index (χ3n) is 4.81. The van der Waals surface area contributed by atoms with Gasteiger partial charge in [-0.05, 0) is 54.0 Å². The van der Waals surface area contributed by atoms with E-state index in [4.69, 9.17) is 0 Å². The second-order valence-electron chi connectivity index (χ2n) is 6.89. The molecular formula is C21H18FNO3S. The van der Waals surface area contributed by atoms with Gasteiger partial charge in [0.1, 0.15) is 10.7 Å². The third-order valence-corrected chi connectivity index (χ3v) is 5.93. The maximum Gasteiger partial charge on any atom is 0.255 e. The summed E-state index contributed by atoms with van der Waals surface area (Å²) in [5.41, 5.74) is 2.02. The van der Waals surface area contributed by atoms with Gasteiger partial charge in [-0.15, -0.1) is 0 Å². The molecule has 0 unspecified atom stereocenters. The van der Waals surface area contributed by atoms with E-state index in [0.717, 1.165) is 29.2 Å². The van der Waals surface area contributed by atoms with Crippen molar-refractivity contribution in [2.75, 3.05) is 11.6 Å². The molecule has 1 aliphatic rings. The number of fused-ring (bicyclic) bond motifs is 1. The van der Waals surface area contributed by atoms with Crippen molar-refractivity contribution in [3.63, 3.8) is 0 Å². The van der Waals surface area contributed by atoms with Gasteiger partial charge >= 0.3 is 0 Å². The lowest BCUT2D eigenvalue weighted by Crippen LogP contribution is -2.13. The number of anilines is 1. The zero-order chi connectivity index (χ0) is 19.2. The molecule has 0 atom stereocenters. The van der Waals surface area contributed by atoms with Gasteiger partial charge in [-0.2, -0.15) is 0 Å². The van der Waals surface area contributed by atoms with E-state index >= 15 is 0 Å². The predicted octanol–water partition coefficient (Wildman–Crippen LogP) is 4.51. The van der Waals surface area contributed by atoms with Gasteiger partial charge in [0.25, 0.3) is 5.91 Å². The molecule has 27 heavy (non-hydrogen) atoms. The van der Waals surface area contributed by atoms with Gasteiger partial charge in [0, 0.05) is 22.9 Å². The van der Waals surface area contributed by atoms with Crippen molar-refractivity contribution in [3.05, 3.63) is 71.5 Å². The molecule has 0 heterocycles. The molecule has 1 saturated carbocycles. The first kappa shape index (κ1) is 17.7. The molecule has 3 aromatic carbocycles. The molecule has 4 rings (SSSR count). The highest BCUT2D eigenvalue weighted by atomic mass is 32.2. The van der Waals surface area contributed by atoms with Crippen LogP contribution in [0.25, 0.3) is 10.8 Å². The molecular weight excluding hydrogens is 365 g/mol. The number of amides is 1. The first-order valence-corrected chi connectivity index (χ1v) is 10.6. The molecule has 0 aromatic heterocycles. The van der Waals surface area contributed by atoms with Crippen molar-refractivity contribution in [1.29, 1.82) is 0 Å². The summed E-state index contributed by atoms with van der Waals surface area (Å²) in [5.74, 6) is -0.772. The average molecular weight is 383 g/mol. The largest absolute Gasteiger partial charge is 0.321 e. The van der Waals surface area contributed by atoms with Crippen LogP contribution in [0.4, 0.5) is 10.1 Å². The summed E-state index contributed by atoms with van der Waals surface area (Å²) in [6.45, 7) is 0. The Kier molecular flexibility index (Phi) is 4.23. The number of benzene rings is 3. The molecule has 0 spiro atoms. The smallest absolute Gasteiger partial charge is 0.255 e. The lowest BCUT2D eigenvalue weighted by Gasteiger charge is -2.12. The van der Waals surface area contributed by atoms with Crippen LogP contribution in [0.3, 0.4) is 0 Å². The van der Waals surface area contributed by atoms with Crippen LogP contribution < -0.4 is 5.32 Å². The molecule has 1 aliphatic carbocycles. The number of nitrogens with one attached hydrogen (secondary N) is 1. The van der Waals surface area contributed by atoms with Crippen LogP contribution >= 0.6 is 0 Å². The van der Waals surface area contributed by atoms with Gasteiger partial charge in [-0.3, -0.25) is 4.79 Å². The number of halogens is 1. The van der Waals surface area contributed by atoms with Crippen LogP contribution in [0.2, 0.25) is 0 Å². The zero-order valence-electron chi connectivity index (χ0n) is 14.7. The number of carbonyl (C=O) groups excluding carboxylic acids is 1. The van der Waals surface area contributed by atoms with Crippen LogP contribution in [0.15, 0.2) is 59.5 Å². The third kappa shape index (κ3) is 3.45. The Labute approximate surface area is 156 Å². The Bertz CT molecular complexity index is 1170. The number of hydrogen-bond donors (Lipinski definition) is 1. The van der Waals surface area contributed by atoms with Crippen molar-refractivity contribution in [2.24, 2.45) is 0 Å². The number of hydrogen-bond acceptors (Lipinski definition) is 3. The average Bonchev–Trinajstić information content (AvgIpc) is 3.46. The standard InChI is InChI=1S/C21H18FNO3S/c1-27(25,26)20-12-14(10-11-18(20)22)21(24)23-19-7-3-5-16-15(13-8-9-13)4-2-6-17(16)19/h2-7,10-13H,8-9H2,1H3,(H,23,24). The normalized spacial score (nSPS) is 14.3. The fourth-order valence-corrected chi connectivity index (χ4v) is 4.08. The summed E-state index contributed by atoms with van der Waals surface area (Å²) in [7, 11) is -3.76. The number of rotatable bonds is 4. The Balaban J connectivity index is 1.71. The van der Waals surface area contributed by atoms with E-state index in [1.54, 1.807) is 6.07 Å². The van der Waals surface area contributed by atoms with Gasteiger partial charge in [0.05, 0.1) is 0 Å². The molecule has 1 amide bonds. The quantitative estimate of drug-likeness (QED) is 0.721. The van der Waals surface area contributed by atoms with Crippen molar-refractivity contribution in [1.82, 2.24) is 0 Å². The number of carbonyl (C=O) groups is 1. The van der Waals surface area contributed by atoms with E-state index in [-0.39, 0.29) is 5.56 Å². The molecule has 3 aromatic rings. The van der Waals surface area contributed by atoms with Crippen molar-refractivity contribution < 1.29 is 17.6 Å². The lowest BCUT2D eigenvalue weighted by atomic mass is 10.00. The molecule has 0 bridgehead atoms. The minimum Gasteiger partial charge on any atom is -0.321 e. The molecule has 6 heteroatoms. The summed E-state index contributed by atoms with van der Waals surface area (Å²) in [5, 5.41) is 4.87. The van der Waals surface area contributed by atoms with E-state index in [1.165, 1.54) is 24.5 Å². The fraction of sp³-hybridized carbons (Fsp3) is 0.190. The second kappa shape index (κ2) is 6.46. The molecule has 4 nitrogen and oxygen atoms in total. The van der Waals surface area contributed by atoms with Gasteiger partial charge in [-0.1, -0.05) is 30.3 Å². The van der Waals surface area contributed by atoms with Crippen LogP contribution in [0, 0.1) is 5.82 Å². The minimum absolute atomic E-state index is 0.0900. The van der Waals surface area contributed by atoms with E-state index in [2.05, 4.69) is 11.4 Å². The van der Waals surface area contributed by atoms with Gasteiger partial charge < -0.3 is 5.32 Å². The van der Waals surface area contributed by atoms with Crippen LogP contribution in [-0.2, 0) is 9.84 Å². The van der Waals surface area contributed by atoms with Crippen molar-refractivity contribution in [3.8, 4) is 0 Å². The van der Waals surface area contributed by atoms with Crippen LogP contribution in [0.5, 0.6) is 0 Å². The summed E-state index contributed by atoms with van der Waals surface area (Å²) in [6.07, 6.45) is 3.27. The summed E-state index contributed by atoms with van der Waals surface area (Å²) >= 11 is 0. The Morgan fingerprint density at radius 1 is 1.04 bits per heavy atom. The Hall–Kier alpha value is -2.73. The van der Waals surface area contributed by atoms with Crippen LogP contribution in [0.1, 0.15) is 34.7 Å². The van der Waals surface area contributed by atoms with E-state index in [0.29, 0.717) is 11.6 Å². The topological polar surface area (TPSA) is 63.2 Å².